The molecule has 0 atom stereocenters. The van der Waals surface area contributed by atoms with Crippen molar-refractivity contribution in [1.82, 2.24) is 20.6 Å². The molecular formula is C27H24N4O4. The topological polar surface area (TPSA) is 102 Å². The van der Waals surface area contributed by atoms with Gasteiger partial charge in [0.05, 0.1) is 24.8 Å². The Hall–Kier alpha value is -4.72. The zero-order chi connectivity index (χ0) is 24.8. The summed E-state index contributed by atoms with van der Waals surface area (Å²) in [5, 5.41) is 4.61. The minimum Gasteiger partial charge on any atom is -0.496 e. The molecular weight excluding hydrogens is 444 g/mol. The molecule has 0 spiro atoms. The number of carbonyl (C=O) groups is 3. The van der Waals surface area contributed by atoms with Crippen molar-refractivity contribution in [2.24, 2.45) is 0 Å². The number of nitrogens with zero attached hydrogens (tertiary/aromatic N) is 2. The highest BCUT2D eigenvalue weighted by Gasteiger charge is 2.19. The standard InChI is InChI=1S/C27H24N4O4/c1-18(32)20-13-14-24(35-2)21(15-20)16-25(33)28-29-27(34)23-17-31(22-11-7-4-8-12-22)30-26(23)19-9-5-3-6-10-19/h3-15,17H,16H2,1-2H3,(H,28,33)(H,29,34). The third-order valence-corrected chi connectivity index (χ3v) is 5.38. The summed E-state index contributed by atoms with van der Waals surface area (Å²) >= 11 is 0. The van der Waals surface area contributed by atoms with Gasteiger partial charge >= 0.3 is 0 Å². The Morgan fingerprint density at radius 2 is 1.60 bits per heavy atom. The van der Waals surface area contributed by atoms with Gasteiger partial charge in [-0.2, -0.15) is 5.10 Å². The van der Waals surface area contributed by atoms with E-state index >= 15 is 0 Å². The monoisotopic (exact) mass is 468 g/mol. The second-order valence-corrected chi connectivity index (χ2v) is 7.80. The summed E-state index contributed by atoms with van der Waals surface area (Å²) in [7, 11) is 1.49. The SMILES string of the molecule is COc1ccc(C(C)=O)cc1CC(=O)NNC(=O)c1cn(-c2ccccc2)nc1-c1ccccc1. The normalized spacial score (nSPS) is 10.5. The lowest BCUT2D eigenvalue weighted by Gasteiger charge is -2.11. The van der Waals surface area contributed by atoms with Crippen LogP contribution >= 0.6 is 0 Å². The molecule has 8 heteroatoms. The third kappa shape index (κ3) is 5.44. The average molecular weight is 469 g/mol. The number of nitrogens with one attached hydrogen (secondary N) is 2. The molecule has 0 bridgehead atoms. The highest BCUT2D eigenvalue weighted by Crippen LogP contribution is 2.24. The molecule has 0 radical (unpaired) electrons. The van der Waals surface area contributed by atoms with Crippen LogP contribution < -0.4 is 15.6 Å². The van der Waals surface area contributed by atoms with Gasteiger partial charge in [-0.1, -0.05) is 48.5 Å². The number of hydrazine groups is 1. The predicted octanol–water partition coefficient (Wildman–Crippen LogP) is 3.75. The van der Waals surface area contributed by atoms with Crippen molar-refractivity contribution in [2.45, 2.75) is 13.3 Å². The second kappa shape index (κ2) is 10.5. The van der Waals surface area contributed by atoms with Gasteiger partial charge in [0.25, 0.3) is 5.91 Å². The van der Waals surface area contributed by atoms with Crippen LogP contribution in [0.5, 0.6) is 5.75 Å². The van der Waals surface area contributed by atoms with Crippen LogP contribution in [0.3, 0.4) is 0 Å². The maximum Gasteiger partial charge on any atom is 0.273 e. The van der Waals surface area contributed by atoms with Crippen molar-refractivity contribution in [3.63, 3.8) is 0 Å². The number of ketones is 1. The number of para-hydroxylation sites is 1. The van der Waals surface area contributed by atoms with Gasteiger partial charge in [-0.3, -0.25) is 25.2 Å². The molecule has 1 aromatic heterocycles. The molecule has 3 aromatic carbocycles. The molecule has 0 saturated heterocycles. The van der Waals surface area contributed by atoms with Gasteiger partial charge in [-0.25, -0.2) is 4.68 Å². The zero-order valence-electron chi connectivity index (χ0n) is 19.3. The summed E-state index contributed by atoms with van der Waals surface area (Å²) < 4.78 is 6.92. The Labute approximate surface area is 202 Å². The smallest absolute Gasteiger partial charge is 0.273 e. The molecule has 1 heterocycles. The fraction of sp³-hybridized carbons (Fsp3) is 0.111. The van der Waals surface area contributed by atoms with Gasteiger partial charge in [0, 0.05) is 22.9 Å². The molecule has 8 nitrogen and oxygen atoms in total. The van der Waals surface area contributed by atoms with Crippen LogP contribution in [0, 0.1) is 0 Å². The summed E-state index contributed by atoms with van der Waals surface area (Å²) in [5.41, 5.74) is 8.27. The number of Topliss-reactive ketones (excluding diaryl/α,β-unsaturated/α-hetero) is 1. The van der Waals surface area contributed by atoms with Gasteiger partial charge in [0.1, 0.15) is 11.4 Å². The quantitative estimate of drug-likeness (QED) is 0.318. The van der Waals surface area contributed by atoms with E-state index < -0.39 is 11.8 Å². The molecule has 0 aliphatic rings. The van der Waals surface area contributed by atoms with E-state index in [1.807, 2.05) is 60.7 Å². The molecule has 0 aliphatic carbocycles. The number of carbonyl (C=O) groups excluding carboxylic acids is 3. The fourth-order valence-electron chi connectivity index (χ4n) is 3.61. The first-order chi connectivity index (χ1) is 17.0. The van der Waals surface area contributed by atoms with E-state index in [-0.39, 0.29) is 12.2 Å². The van der Waals surface area contributed by atoms with E-state index in [0.717, 1.165) is 11.3 Å². The molecule has 2 amide bonds. The molecule has 176 valence electrons. The highest BCUT2D eigenvalue weighted by atomic mass is 16.5. The zero-order valence-corrected chi connectivity index (χ0v) is 19.3. The van der Waals surface area contributed by atoms with E-state index in [0.29, 0.717) is 28.1 Å². The summed E-state index contributed by atoms with van der Waals surface area (Å²) in [5.74, 6) is -0.614. The second-order valence-electron chi connectivity index (χ2n) is 7.80. The van der Waals surface area contributed by atoms with Crippen molar-refractivity contribution in [1.29, 1.82) is 0 Å². The van der Waals surface area contributed by atoms with Crippen molar-refractivity contribution >= 4 is 17.6 Å². The van der Waals surface area contributed by atoms with E-state index in [4.69, 9.17) is 4.74 Å². The first-order valence-corrected chi connectivity index (χ1v) is 10.9. The Kier molecular flexibility index (Phi) is 7.02. The number of amides is 2. The number of aromatic nitrogens is 2. The van der Waals surface area contributed by atoms with Crippen LogP contribution in [0.15, 0.2) is 85.1 Å². The third-order valence-electron chi connectivity index (χ3n) is 5.38. The molecule has 4 aromatic rings. The molecule has 0 fully saturated rings. The van der Waals surface area contributed by atoms with Crippen LogP contribution in [0.2, 0.25) is 0 Å². The van der Waals surface area contributed by atoms with Crippen molar-refractivity contribution in [3.8, 4) is 22.7 Å². The van der Waals surface area contributed by atoms with Crippen LogP contribution in [0.25, 0.3) is 16.9 Å². The number of ether oxygens (including phenoxy) is 1. The summed E-state index contributed by atoms with van der Waals surface area (Å²) in [4.78, 5) is 37.4. The van der Waals surface area contributed by atoms with Crippen LogP contribution in [0.1, 0.15) is 33.2 Å². The Bertz CT molecular complexity index is 1360. The maximum absolute atomic E-state index is 13.1. The summed E-state index contributed by atoms with van der Waals surface area (Å²) in [6.45, 7) is 1.45. The number of hydrogen-bond donors (Lipinski definition) is 2. The number of benzene rings is 3. The Morgan fingerprint density at radius 1 is 0.914 bits per heavy atom. The Morgan fingerprint density at radius 3 is 2.26 bits per heavy atom. The van der Waals surface area contributed by atoms with Crippen molar-refractivity contribution < 1.29 is 19.1 Å². The summed E-state index contributed by atoms with van der Waals surface area (Å²) in [6.07, 6.45) is 1.54. The van der Waals surface area contributed by atoms with Crippen molar-refractivity contribution in [3.05, 3.63) is 102 Å². The van der Waals surface area contributed by atoms with Gasteiger partial charge in [0.2, 0.25) is 5.91 Å². The maximum atomic E-state index is 13.1. The highest BCUT2D eigenvalue weighted by molar-refractivity contribution is 6.01. The van der Waals surface area contributed by atoms with Crippen LogP contribution in [0.4, 0.5) is 0 Å². The molecule has 2 N–H and O–H groups in total. The lowest BCUT2D eigenvalue weighted by Crippen LogP contribution is -2.42. The first-order valence-electron chi connectivity index (χ1n) is 10.9. The molecule has 4 rings (SSSR count). The first kappa shape index (κ1) is 23.4. The summed E-state index contributed by atoms with van der Waals surface area (Å²) in [6, 6.07) is 23.7. The molecule has 0 aliphatic heterocycles. The molecule has 0 saturated carbocycles. The van der Waals surface area contributed by atoms with Gasteiger partial charge in [-0.15, -0.1) is 0 Å². The van der Waals surface area contributed by atoms with E-state index in [1.165, 1.54) is 14.0 Å². The average Bonchev–Trinajstić information content (AvgIpc) is 3.34. The van der Waals surface area contributed by atoms with Crippen LogP contribution in [-0.4, -0.2) is 34.5 Å². The predicted molar refractivity (Wildman–Crippen MR) is 131 cm³/mol. The van der Waals surface area contributed by atoms with Crippen molar-refractivity contribution in [2.75, 3.05) is 7.11 Å². The lowest BCUT2D eigenvalue weighted by atomic mass is 10.0. The Balaban J connectivity index is 1.53. The largest absolute Gasteiger partial charge is 0.496 e. The van der Waals surface area contributed by atoms with E-state index in [1.54, 1.807) is 29.1 Å². The van der Waals surface area contributed by atoms with Gasteiger partial charge in [0.15, 0.2) is 5.78 Å². The van der Waals surface area contributed by atoms with E-state index in [2.05, 4.69) is 16.0 Å². The minimum absolute atomic E-state index is 0.0839. The van der Waals surface area contributed by atoms with E-state index in [9.17, 15) is 14.4 Å². The molecule has 0 unspecified atom stereocenters. The number of hydrogen-bond acceptors (Lipinski definition) is 5. The number of rotatable bonds is 7. The van der Waals surface area contributed by atoms with Gasteiger partial charge < -0.3 is 4.74 Å². The van der Waals surface area contributed by atoms with Gasteiger partial charge in [-0.05, 0) is 37.3 Å². The number of methoxy groups -OCH3 is 1. The molecule has 35 heavy (non-hydrogen) atoms. The minimum atomic E-state index is -0.510. The lowest BCUT2D eigenvalue weighted by molar-refractivity contribution is -0.121. The van der Waals surface area contributed by atoms with Crippen LogP contribution in [-0.2, 0) is 11.2 Å². The fourth-order valence-corrected chi connectivity index (χ4v) is 3.61.